The average molecular weight is 378 g/mol. The molecule has 102 valence electrons. The molecule has 0 saturated carbocycles. The highest BCUT2D eigenvalue weighted by molar-refractivity contribution is 14.1. The van der Waals surface area contributed by atoms with Crippen LogP contribution in [0.15, 0.2) is 42.5 Å². The summed E-state index contributed by atoms with van der Waals surface area (Å²) in [6.45, 7) is 1.82. The van der Waals surface area contributed by atoms with Crippen LogP contribution in [-0.4, -0.2) is 12.5 Å². The van der Waals surface area contributed by atoms with E-state index in [0.29, 0.717) is 5.56 Å². The number of nitrogens with one attached hydrogen (secondary N) is 2. The van der Waals surface area contributed by atoms with Crippen LogP contribution in [-0.2, 0) is 13.0 Å². The molecule has 1 amide bonds. The fraction of sp³-hybridized carbons (Fsp3) is 0.188. The molecule has 3 nitrogen and oxygen atoms in total. The first-order chi connectivity index (χ1) is 9.74. The van der Waals surface area contributed by atoms with Gasteiger partial charge in [0.05, 0.1) is 0 Å². The second kappa shape index (κ2) is 5.93. The minimum Gasteiger partial charge on any atom is -0.322 e. The maximum absolute atomic E-state index is 12.3. The van der Waals surface area contributed by atoms with E-state index in [0.717, 1.165) is 28.8 Å². The zero-order chi connectivity index (χ0) is 13.9. The number of amides is 1. The van der Waals surface area contributed by atoms with Gasteiger partial charge in [-0.1, -0.05) is 18.2 Å². The van der Waals surface area contributed by atoms with Crippen LogP contribution in [0.3, 0.4) is 0 Å². The second-order valence-corrected chi connectivity index (χ2v) is 6.08. The maximum Gasteiger partial charge on any atom is 0.255 e. The largest absolute Gasteiger partial charge is 0.322 e. The smallest absolute Gasteiger partial charge is 0.255 e. The van der Waals surface area contributed by atoms with E-state index in [2.05, 4.69) is 39.3 Å². The van der Waals surface area contributed by atoms with E-state index in [4.69, 9.17) is 0 Å². The Morgan fingerprint density at radius 1 is 1.20 bits per heavy atom. The van der Waals surface area contributed by atoms with Gasteiger partial charge in [-0.3, -0.25) is 4.79 Å². The first kappa shape index (κ1) is 13.6. The maximum atomic E-state index is 12.3. The third kappa shape index (κ3) is 2.86. The number of carbonyl (C=O) groups excluding carboxylic acids is 1. The summed E-state index contributed by atoms with van der Waals surface area (Å²) >= 11 is 2.21. The SMILES string of the molecule is O=C(Nc1cccc2c1CNCC2)c1cccc(I)c1. The van der Waals surface area contributed by atoms with Gasteiger partial charge < -0.3 is 10.6 Å². The van der Waals surface area contributed by atoms with Crippen molar-refractivity contribution in [2.45, 2.75) is 13.0 Å². The molecule has 3 rings (SSSR count). The fourth-order valence-corrected chi connectivity index (χ4v) is 3.00. The molecule has 2 aromatic rings. The van der Waals surface area contributed by atoms with Gasteiger partial charge in [-0.05, 0) is 70.9 Å². The molecule has 0 unspecified atom stereocenters. The summed E-state index contributed by atoms with van der Waals surface area (Å²) in [7, 11) is 0. The molecule has 0 saturated heterocycles. The van der Waals surface area contributed by atoms with Crippen LogP contribution in [0.25, 0.3) is 0 Å². The summed E-state index contributed by atoms with van der Waals surface area (Å²) < 4.78 is 1.06. The van der Waals surface area contributed by atoms with Crippen molar-refractivity contribution < 1.29 is 4.79 Å². The highest BCUT2D eigenvalue weighted by atomic mass is 127. The van der Waals surface area contributed by atoms with E-state index in [-0.39, 0.29) is 5.91 Å². The fourth-order valence-electron chi connectivity index (χ4n) is 2.46. The van der Waals surface area contributed by atoms with Crippen molar-refractivity contribution in [3.8, 4) is 0 Å². The molecular formula is C16H15IN2O. The molecule has 4 heteroatoms. The summed E-state index contributed by atoms with van der Waals surface area (Å²) in [5.41, 5.74) is 4.14. The number of halogens is 1. The molecular weight excluding hydrogens is 363 g/mol. The highest BCUT2D eigenvalue weighted by Crippen LogP contribution is 2.23. The van der Waals surface area contributed by atoms with Crippen molar-refractivity contribution >= 4 is 34.2 Å². The molecule has 0 atom stereocenters. The van der Waals surface area contributed by atoms with E-state index in [1.807, 2.05) is 36.4 Å². The molecule has 2 N–H and O–H groups in total. The first-order valence-electron chi connectivity index (χ1n) is 6.62. The Hall–Kier alpha value is -1.40. The van der Waals surface area contributed by atoms with Gasteiger partial charge >= 0.3 is 0 Å². The monoisotopic (exact) mass is 378 g/mol. The van der Waals surface area contributed by atoms with E-state index in [1.165, 1.54) is 11.1 Å². The van der Waals surface area contributed by atoms with Crippen LogP contribution in [0.1, 0.15) is 21.5 Å². The Bertz CT molecular complexity index is 655. The van der Waals surface area contributed by atoms with Gasteiger partial charge in [-0.2, -0.15) is 0 Å². The minimum atomic E-state index is -0.0533. The van der Waals surface area contributed by atoms with Crippen molar-refractivity contribution in [2.24, 2.45) is 0 Å². The number of carbonyl (C=O) groups is 1. The summed E-state index contributed by atoms with van der Waals surface area (Å²) in [5, 5.41) is 6.38. The van der Waals surface area contributed by atoms with Crippen LogP contribution in [0.4, 0.5) is 5.69 Å². The standard InChI is InChI=1S/C16H15IN2O/c17-13-5-1-4-12(9-13)16(20)19-15-6-2-3-11-7-8-18-10-14(11)15/h1-6,9,18H,7-8,10H2,(H,19,20). The summed E-state index contributed by atoms with van der Waals surface area (Å²) in [4.78, 5) is 12.3. The average Bonchev–Trinajstić information content (AvgIpc) is 2.47. The van der Waals surface area contributed by atoms with Gasteiger partial charge in [0.2, 0.25) is 0 Å². The normalized spacial score (nSPS) is 13.7. The Morgan fingerprint density at radius 2 is 2.05 bits per heavy atom. The van der Waals surface area contributed by atoms with Gasteiger partial charge in [0.15, 0.2) is 0 Å². The molecule has 0 aliphatic carbocycles. The number of anilines is 1. The quantitative estimate of drug-likeness (QED) is 0.789. The molecule has 1 aliphatic heterocycles. The third-order valence-electron chi connectivity index (χ3n) is 3.48. The summed E-state index contributed by atoms with van der Waals surface area (Å²) in [6, 6.07) is 13.7. The zero-order valence-electron chi connectivity index (χ0n) is 10.9. The predicted octanol–water partition coefficient (Wildman–Crippen LogP) is 3.19. The van der Waals surface area contributed by atoms with E-state index in [1.54, 1.807) is 0 Å². The Morgan fingerprint density at radius 3 is 2.90 bits per heavy atom. The summed E-state index contributed by atoms with van der Waals surface area (Å²) in [6.07, 6.45) is 1.02. The molecule has 20 heavy (non-hydrogen) atoms. The van der Waals surface area contributed by atoms with Crippen LogP contribution < -0.4 is 10.6 Å². The van der Waals surface area contributed by atoms with Crippen molar-refractivity contribution in [3.63, 3.8) is 0 Å². The van der Waals surface area contributed by atoms with Crippen molar-refractivity contribution in [1.29, 1.82) is 0 Å². The third-order valence-corrected chi connectivity index (χ3v) is 4.15. The van der Waals surface area contributed by atoms with Gasteiger partial charge in [0.25, 0.3) is 5.91 Å². The van der Waals surface area contributed by atoms with Crippen LogP contribution >= 0.6 is 22.6 Å². The Kier molecular flexibility index (Phi) is 4.03. The molecule has 2 aromatic carbocycles. The van der Waals surface area contributed by atoms with E-state index in [9.17, 15) is 4.79 Å². The molecule has 1 aliphatic rings. The Balaban J connectivity index is 1.86. The second-order valence-electron chi connectivity index (χ2n) is 4.83. The van der Waals surface area contributed by atoms with Crippen molar-refractivity contribution in [3.05, 3.63) is 62.7 Å². The molecule has 0 spiro atoms. The number of rotatable bonds is 2. The number of hydrogen-bond donors (Lipinski definition) is 2. The van der Waals surface area contributed by atoms with Gasteiger partial charge in [0.1, 0.15) is 0 Å². The highest BCUT2D eigenvalue weighted by Gasteiger charge is 2.14. The predicted molar refractivity (Wildman–Crippen MR) is 89.0 cm³/mol. The van der Waals surface area contributed by atoms with Crippen molar-refractivity contribution in [2.75, 3.05) is 11.9 Å². The van der Waals surface area contributed by atoms with E-state index >= 15 is 0 Å². The Labute approximate surface area is 131 Å². The number of fused-ring (bicyclic) bond motifs is 1. The van der Waals surface area contributed by atoms with Crippen LogP contribution in [0, 0.1) is 3.57 Å². The van der Waals surface area contributed by atoms with Gasteiger partial charge in [-0.25, -0.2) is 0 Å². The van der Waals surface area contributed by atoms with Crippen molar-refractivity contribution in [1.82, 2.24) is 5.32 Å². The lowest BCUT2D eigenvalue weighted by molar-refractivity contribution is 0.102. The van der Waals surface area contributed by atoms with Crippen LogP contribution in [0.5, 0.6) is 0 Å². The van der Waals surface area contributed by atoms with Crippen LogP contribution in [0.2, 0.25) is 0 Å². The lowest BCUT2D eigenvalue weighted by atomic mass is 9.99. The molecule has 0 fully saturated rings. The zero-order valence-corrected chi connectivity index (χ0v) is 13.1. The van der Waals surface area contributed by atoms with Gasteiger partial charge in [-0.15, -0.1) is 0 Å². The van der Waals surface area contributed by atoms with E-state index < -0.39 is 0 Å². The lowest BCUT2D eigenvalue weighted by Crippen LogP contribution is -2.25. The molecule has 0 radical (unpaired) electrons. The number of hydrogen-bond acceptors (Lipinski definition) is 2. The van der Waals surface area contributed by atoms with Gasteiger partial charge in [0, 0.05) is 21.4 Å². The first-order valence-corrected chi connectivity index (χ1v) is 7.70. The molecule has 1 heterocycles. The topological polar surface area (TPSA) is 41.1 Å². The molecule has 0 aromatic heterocycles. The minimum absolute atomic E-state index is 0.0533. The summed E-state index contributed by atoms with van der Waals surface area (Å²) in [5.74, 6) is -0.0533. The number of benzene rings is 2. The molecule has 0 bridgehead atoms. The lowest BCUT2D eigenvalue weighted by Gasteiger charge is -2.20.